The molecule has 0 aromatic heterocycles. The summed E-state index contributed by atoms with van der Waals surface area (Å²) in [5.41, 5.74) is 6.36. The highest BCUT2D eigenvalue weighted by atomic mass is 35.5. The first-order valence-electron chi connectivity index (χ1n) is 6.31. The third-order valence-corrected chi connectivity index (χ3v) is 3.21. The Morgan fingerprint density at radius 3 is 2.47 bits per heavy atom. The fourth-order valence-electron chi connectivity index (χ4n) is 1.97. The molecule has 1 saturated heterocycles. The first kappa shape index (κ1) is 13.7. The maximum Gasteiger partial charge on any atom is 0.324 e. The quantitative estimate of drug-likeness (QED) is 0.613. The van der Waals surface area contributed by atoms with Gasteiger partial charge in [0.15, 0.2) is 0 Å². The number of hydrogen-bond donors (Lipinski definition) is 2. The zero-order valence-corrected chi connectivity index (χ0v) is 11.4. The standard InChI is InChI=1S/C13H17ClN4O/c14-10-4-6-11(7-5-10)16-12(15)17-13(19)18-8-2-1-3-9-18/h4-7H,1-3,8-9H2,(H3,15,16,17,19). The van der Waals surface area contributed by atoms with E-state index in [4.69, 9.17) is 17.3 Å². The maximum absolute atomic E-state index is 11.9. The van der Waals surface area contributed by atoms with Gasteiger partial charge in [-0.15, -0.1) is 0 Å². The fraction of sp³-hybridized carbons (Fsp3) is 0.385. The second kappa shape index (κ2) is 6.43. The van der Waals surface area contributed by atoms with E-state index >= 15 is 0 Å². The first-order valence-corrected chi connectivity index (χ1v) is 6.68. The van der Waals surface area contributed by atoms with Crippen LogP contribution in [0.5, 0.6) is 0 Å². The second-order valence-corrected chi connectivity index (χ2v) is 4.89. The van der Waals surface area contributed by atoms with Crippen molar-refractivity contribution in [2.75, 3.05) is 13.1 Å². The average molecular weight is 281 g/mol. The molecule has 19 heavy (non-hydrogen) atoms. The third kappa shape index (κ3) is 4.13. The number of aliphatic imine (C=N–C) groups is 1. The number of carbonyl (C=O) groups excluding carboxylic acids is 1. The Balaban J connectivity index is 1.94. The van der Waals surface area contributed by atoms with E-state index < -0.39 is 0 Å². The molecule has 0 unspecified atom stereocenters. The Hall–Kier alpha value is -1.75. The van der Waals surface area contributed by atoms with Crippen molar-refractivity contribution in [3.63, 3.8) is 0 Å². The number of carbonyl (C=O) groups is 1. The fourth-order valence-corrected chi connectivity index (χ4v) is 2.09. The molecule has 2 amide bonds. The molecule has 0 aliphatic carbocycles. The van der Waals surface area contributed by atoms with Crippen molar-refractivity contribution in [3.8, 4) is 0 Å². The molecular formula is C13H17ClN4O. The number of guanidine groups is 1. The van der Waals surface area contributed by atoms with Crippen molar-refractivity contribution in [1.29, 1.82) is 0 Å². The van der Waals surface area contributed by atoms with Gasteiger partial charge in [0, 0.05) is 18.1 Å². The highest BCUT2D eigenvalue weighted by molar-refractivity contribution is 6.30. The van der Waals surface area contributed by atoms with E-state index in [9.17, 15) is 4.79 Å². The molecule has 1 aromatic rings. The molecule has 1 aromatic carbocycles. The van der Waals surface area contributed by atoms with Crippen molar-refractivity contribution >= 4 is 29.3 Å². The van der Waals surface area contributed by atoms with Crippen LogP contribution in [0.4, 0.5) is 10.5 Å². The zero-order chi connectivity index (χ0) is 13.7. The normalized spacial score (nSPS) is 16.3. The van der Waals surface area contributed by atoms with Gasteiger partial charge in [0.2, 0.25) is 5.96 Å². The minimum atomic E-state index is -0.185. The van der Waals surface area contributed by atoms with Crippen molar-refractivity contribution in [3.05, 3.63) is 29.3 Å². The summed E-state index contributed by atoms with van der Waals surface area (Å²) >= 11 is 5.78. The Kier molecular flexibility index (Phi) is 4.63. The smallest absolute Gasteiger partial charge is 0.324 e. The molecule has 0 saturated carbocycles. The van der Waals surface area contributed by atoms with E-state index in [2.05, 4.69) is 10.3 Å². The molecule has 5 nitrogen and oxygen atoms in total. The summed E-state index contributed by atoms with van der Waals surface area (Å²) in [5.74, 6) is 0.0953. The van der Waals surface area contributed by atoms with Gasteiger partial charge in [-0.05, 0) is 43.5 Å². The van der Waals surface area contributed by atoms with Gasteiger partial charge >= 0.3 is 6.03 Å². The third-order valence-electron chi connectivity index (χ3n) is 2.95. The lowest BCUT2D eigenvalue weighted by Crippen LogP contribution is -2.47. The Labute approximate surface area is 117 Å². The van der Waals surface area contributed by atoms with Crippen molar-refractivity contribution in [1.82, 2.24) is 10.2 Å². The van der Waals surface area contributed by atoms with Gasteiger partial charge in [0.25, 0.3) is 0 Å². The van der Waals surface area contributed by atoms with E-state index in [0.717, 1.165) is 25.9 Å². The van der Waals surface area contributed by atoms with E-state index in [0.29, 0.717) is 10.7 Å². The van der Waals surface area contributed by atoms with Crippen LogP contribution < -0.4 is 11.1 Å². The van der Waals surface area contributed by atoms with Gasteiger partial charge in [-0.2, -0.15) is 0 Å². The SMILES string of the molecule is NC(=Nc1ccc(Cl)cc1)NC(=O)N1CCCCC1. The monoisotopic (exact) mass is 280 g/mol. The van der Waals surface area contributed by atoms with E-state index in [1.807, 2.05) is 0 Å². The summed E-state index contributed by atoms with van der Waals surface area (Å²) in [6.07, 6.45) is 3.27. The first-order chi connectivity index (χ1) is 9.15. The summed E-state index contributed by atoms with van der Waals surface area (Å²) in [4.78, 5) is 17.8. The highest BCUT2D eigenvalue weighted by Crippen LogP contribution is 2.15. The van der Waals surface area contributed by atoms with E-state index in [1.165, 1.54) is 6.42 Å². The molecule has 3 N–H and O–H groups in total. The molecule has 102 valence electrons. The minimum absolute atomic E-state index is 0.0953. The number of piperidine rings is 1. The van der Waals surface area contributed by atoms with Gasteiger partial charge in [-0.3, -0.25) is 5.32 Å². The number of hydrogen-bond acceptors (Lipinski definition) is 2. The summed E-state index contributed by atoms with van der Waals surface area (Å²) < 4.78 is 0. The number of amides is 2. The van der Waals surface area contributed by atoms with Crippen LogP contribution in [0.3, 0.4) is 0 Å². The Bertz CT molecular complexity index is 466. The number of nitrogens with zero attached hydrogens (tertiary/aromatic N) is 2. The summed E-state index contributed by atoms with van der Waals surface area (Å²) in [6.45, 7) is 1.56. The molecule has 0 radical (unpaired) electrons. The highest BCUT2D eigenvalue weighted by Gasteiger charge is 2.16. The largest absolute Gasteiger partial charge is 0.369 e. The van der Waals surface area contributed by atoms with Gasteiger partial charge in [0.05, 0.1) is 5.69 Å². The molecule has 1 fully saturated rings. The summed E-state index contributed by atoms with van der Waals surface area (Å²) in [7, 11) is 0. The maximum atomic E-state index is 11.9. The lowest BCUT2D eigenvalue weighted by Gasteiger charge is -2.26. The Morgan fingerprint density at radius 1 is 1.21 bits per heavy atom. The van der Waals surface area contributed by atoms with Crippen LogP contribution >= 0.6 is 11.6 Å². The lowest BCUT2D eigenvalue weighted by molar-refractivity contribution is 0.191. The summed E-state index contributed by atoms with van der Waals surface area (Å²) in [6, 6.07) is 6.74. The van der Waals surface area contributed by atoms with Gasteiger partial charge < -0.3 is 10.6 Å². The minimum Gasteiger partial charge on any atom is -0.369 e. The summed E-state index contributed by atoms with van der Waals surface area (Å²) in [5, 5.41) is 3.23. The topological polar surface area (TPSA) is 70.7 Å². The molecule has 2 rings (SSSR count). The van der Waals surface area contributed by atoms with Crippen LogP contribution in [0.1, 0.15) is 19.3 Å². The molecule has 1 heterocycles. The number of benzene rings is 1. The van der Waals surface area contributed by atoms with E-state index in [1.54, 1.807) is 29.2 Å². The van der Waals surface area contributed by atoms with Crippen molar-refractivity contribution < 1.29 is 4.79 Å². The average Bonchev–Trinajstić information content (AvgIpc) is 2.42. The van der Waals surface area contributed by atoms with Crippen LogP contribution in [-0.2, 0) is 0 Å². The lowest BCUT2D eigenvalue weighted by atomic mass is 10.1. The molecule has 6 heteroatoms. The number of nitrogens with two attached hydrogens (primary N) is 1. The number of nitrogens with one attached hydrogen (secondary N) is 1. The van der Waals surface area contributed by atoms with Gasteiger partial charge in [0.1, 0.15) is 0 Å². The van der Waals surface area contributed by atoms with Crippen LogP contribution in [0.15, 0.2) is 29.3 Å². The number of likely N-dealkylation sites (tertiary alicyclic amines) is 1. The van der Waals surface area contributed by atoms with Crippen molar-refractivity contribution in [2.24, 2.45) is 10.7 Å². The van der Waals surface area contributed by atoms with Crippen LogP contribution in [0.25, 0.3) is 0 Å². The molecule has 0 spiro atoms. The second-order valence-electron chi connectivity index (χ2n) is 4.45. The number of rotatable bonds is 1. The Morgan fingerprint density at radius 2 is 1.84 bits per heavy atom. The number of urea groups is 1. The van der Waals surface area contributed by atoms with Gasteiger partial charge in [-0.25, -0.2) is 9.79 Å². The molecule has 1 aliphatic rings. The molecule has 0 bridgehead atoms. The van der Waals surface area contributed by atoms with Crippen LogP contribution in [-0.4, -0.2) is 30.0 Å². The molecular weight excluding hydrogens is 264 g/mol. The van der Waals surface area contributed by atoms with Crippen LogP contribution in [0.2, 0.25) is 5.02 Å². The zero-order valence-electron chi connectivity index (χ0n) is 10.6. The van der Waals surface area contributed by atoms with Gasteiger partial charge in [-0.1, -0.05) is 11.6 Å². The van der Waals surface area contributed by atoms with E-state index in [-0.39, 0.29) is 12.0 Å². The molecule has 1 aliphatic heterocycles. The number of halogens is 1. The predicted octanol–water partition coefficient (Wildman–Crippen LogP) is 2.48. The van der Waals surface area contributed by atoms with Crippen molar-refractivity contribution in [2.45, 2.75) is 19.3 Å². The predicted molar refractivity (Wildman–Crippen MR) is 76.7 cm³/mol. The molecule has 0 atom stereocenters. The van der Waals surface area contributed by atoms with Crippen LogP contribution in [0, 0.1) is 0 Å².